The number of aliphatic hydroxyl groups is 1. The van der Waals surface area contributed by atoms with Crippen molar-refractivity contribution < 1.29 is 14.6 Å². The van der Waals surface area contributed by atoms with Gasteiger partial charge in [0.05, 0.1) is 6.61 Å². The molecular formula is C8H15NO3. The van der Waals surface area contributed by atoms with E-state index in [0.717, 1.165) is 12.8 Å². The number of nitrogens with zero attached hydrogens (tertiary/aromatic N) is 1. The summed E-state index contributed by atoms with van der Waals surface area (Å²) in [7, 11) is 1.68. The third-order valence-corrected chi connectivity index (χ3v) is 2.02. The van der Waals surface area contributed by atoms with Crippen molar-refractivity contribution in [3.8, 4) is 0 Å². The highest BCUT2D eigenvalue weighted by atomic mass is 16.5. The van der Waals surface area contributed by atoms with Crippen LogP contribution in [0.4, 0.5) is 0 Å². The van der Waals surface area contributed by atoms with Crippen LogP contribution in [-0.2, 0) is 9.53 Å². The van der Waals surface area contributed by atoms with Crippen LogP contribution in [0.25, 0.3) is 0 Å². The highest BCUT2D eigenvalue weighted by Gasteiger charge is 2.25. The maximum atomic E-state index is 11.4. The van der Waals surface area contributed by atoms with E-state index in [2.05, 4.69) is 0 Å². The second-order valence-electron chi connectivity index (χ2n) is 2.99. The molecule has 1 atom stereocenters. The third-order valence-electron chi connectivity index (χ3n) is 2.02. The number of hydrogen-bond donors (Lipinski definition) is 1. The second kappa shape index (κ2) is 4.42. The molecule has 12 heavy (non-hydrogen) atoms. The molecule has 1 heterocycles. The summed E-state index contributed by atoms with van der Waals surface area (Å²) in [6.45, 7) is 1.08. The first-order valence-corrected chi connectivity index (χ1v) is 4.23. The zero-order valence-corrected chi connectivity index (χ0v) is 7.32. The number of amides is 1. The summed E-state index contributed by atoms with van der Waals surface area (Å²) in [4.78, 5) is 12.9. The van der Waals surface area contributed by atoms with Gasteiger partial charge in [-0.25, -0.2) is 0 Å². The first-order valence-electron chi connectivity index (χ1n) is 4.23. The molecule has 70 valence electrons. The van der Waals surface area contributed by atoms with Crippen molar-refractivity contribution in [2.45, 2.75) is 18.9 Å². The molecule has 0 spiro atoms. The highest BCUT2D eigenvalue weighted by molar-refractivity contribution is 5.80. The fourth-order valence-corrected chi connectivity index (χ4v) is 1.28. The molecule has 0 aromatic heterocycles. The SMILES string of the molecule is CN(CCO)C(=O)[C@H]1CCCO1. The Bertz CT molecular complexity index is 154. The first kappa shape index (κ1) is 9.48. The summed E-state index contributed by atoms with van der Waals surface area (Å²) in [5.74, 6) is -0.0125. The fraction of sp³-hybridized carbons (Fsp3) is 0.875. The molecule has 0 unspecified atom stereocenters. The van der Waals surface area contributed by atoms with Crippen LogP contribution in [0.5, 0.6) is 0 Å². The van der Waals surface area contributed by atoms with Crippen molar-refractivity contribution >= 4 is 5.91 Å². The molecular weight excluding hydrogens is 158 g/mol. The lowest BCUT2D eigenvalue weighted by molar-refractivity contribution is -0.139. The Morgan fingerprint density at radius 2 is 2.50 bits per heavy atom. The Morgan fingerprint density at radius 3 is 3.00 bits per heavy atom. The molecule has 1 fully saturated rings. The molecule has 4 nitrogen and oxygen atoms in total. The van der Waals surface area contributed by atoms with E-state index >= 15 is 0 Å². The summed E-state index contributed by atoms with van der Waals surface area (Å²) in [5.41, 5.74) is 0. The Kier molecular flexibility index (Phi) is 3.49. The predicted octanol–water partition coefficient (Wildman–Crippen LogP) is -0.384. The monoisotopic (exact) mass is 173 g/mol. The van der Waals surface area contributed by atoms with Gasteiger partial charge in [-0.3, -0.25) is 4.79 Å². The van der Waals surface area contributed by atoms with Gasteiger partial charge >= 0.3 is 0 Å². The lowest BCUT2D eigenvalue weighted by Gasteiger charge is -2.19. The Morgan fingerprint density at radius 1 is 1.75 bits per heavy atom. The van der Waals surface area contributed by atoms with Crippen molar-refractivity contribution in [3.05, 3.63) is 0 Å². The number of hydrogen-bond acceptors (Lipinski definition) is 3. The Balaban J connectivity index is 2.34. The molecule has 0 saturated carbocycles. The number of ether oxygens (including phenoxy) is 1. The van der Waals surface area contributed by atoms with E-state index in [1.54, 1.807) is 7.05 Å². The van der Waals surface area contributed by atoms with Crippen LogP contribution in [0.3, 0.4) is 0 Å². The van der Waals surface area contributed by atoms with Gasteiger partial charge in [-0.15, -0.1) is 0 Å². The minimum atomic E-state index is -0.262. The Labute approximate surface area is 72.1 Å². The summed E-state index contributed by atoms with van der Waals surface area (Å²) in [6.07, 6.45) is 1.51. The minimum absolute atomic E-state index is 0.00889. The predicted molar refractivity (Wildman–Crippen MR) is 43.7 cm³/mol. The molecule has 1 aliphatic heterocycles. The maximum Gasteiger partial charge on any atom is 0.251 e. The molecule has 0 radical (unpaired) electrons. The molecule has 1 rings (SSSR count). The standard InChI is InChI=1S/C8H15NO3/c1-9(4-5-10)8(11)7-3-2-6-12-7/h7,10H,2-6H2,1H3/t7-/m1/s1. The summed E-state index contributed by atoms with van der Waals surface area (Å²) >= 11 is 0. The molecule has 0 bridgehead atoms. The lowest BCUT2D eigenvalue weighted by atomic mass is 10.2. The third kappa shape index (κ3) is 2.19. The van der Waals surface area contributed by atoms with Crippen molar-refractivity contribution in [2.75, 3.05) is 26.8 Å². The normalized spacial score (nSPS) is 22.7. The molecule has 4 heteroatoms. The average molecular weight is 173 g/mol. The largest absolute Gasteiger partial charge is 0.395 e. The topological polar surface area (TPSA) is 49.8 Å². The molecule has 1 amide bonds. The van der Waals surface area contributed by atoms with E-state index in [-0.39, 0.29) is 18.6 Å². The van der Waals surface area contributed by atoms with Gasteiger partial charge < -0.3 is 14.7 Å². The summed E-state index contributed by atoms with van der Waals surface area (Å²) < 4.78 is 5.21. The molecule has 0 aromatic carbocycles. The van der Waals surface area contributed by atoms with E-state index in [1.807, 2.05) is 0 Å². The van der Waals surface area contributed by atoms with Gasteiger partial charge in [0.2, 0.25) is 0 Å². The van der Waals surface area contributed by atoms with Crippen molar-refractivity contribution in [3.63, 3.8) is 0 Å². The van der Waals surface area contributed by atoms with Crippen molar-refractivity contribution in [2.24, 2.45) is 0 Å². The number of rotatable bonds is 3. The zero-order valence-electron chi connectivity index (χ0n) is 7.32. The van der Waals surface area contributed by atoms with E-state index in [9.17, 15) is 4.79 Å². The quantitative estimate of drug-likeness (QED) is 0.632. The van der Waals surface area contributed by atoms with Gasteiger partial charge in [-0.1, -0.05) is 0 Å². The molecule has 1 saturated heterocycles. The minimum Gasteiger partial charge on any atom is -0.395 e. The maximum absolute atomic E-state index is 11.4. The van der Waals surface area contributed by atoms with Gasteiger partial charge in [-0.05, 0) is 12.8 Å². The van der Waals surface area contributed by atoms with Gasteiger partial charge in [-0.2, -0.15) is 0 Å². The van der Waals surface area contributed by atoms with Gasteiger partial charge in [0, 0.05) is 20.2 Å². The van der Waals surface area contributed by atoms with Crippen LogP contribution in [0.2, 0.25) is 0 Å². The molecule has 0 aliphatic carbocycles. The number of aliphatic hydroxyl groups excluding tert-OH is 1. The van der Waals surface area contributed by atoms with Crippen LogP contribution in [-0.4, -0.2) is 48.8 Å². The van der Waals surface area contributed by atoms with Crippen LogP contribution < -0.4 is 0 Å². The fourth-order valence-electron chi connectivity index (χ4n) is 1.28. The van der Waals surface area contributed by atoms with E-state index in [1.165, 1.54) is 4.90 Å². The Hall–Kier alpha value is -0.610. The molecule has 0 aromatic rings. The van der Waals surface area contributed by atoms with Crippen LogP contribution >= 0.6 is 0 Å². The summed E-state index contributed by atoms with van der Waals surface area (Å²) in [5, 5.41) is 8.59. The van der Waals surface area contributed by atoms with Gasteiger partial charge in [0.15, 0.2) is 0 Å². The van der Waals surface area contributed by atoms with Crippen LogP contribution in [0.15, 0.2) is 0 Å². The van der Waals surface area contributed by atoms with Crippen molar-refractivity contribution in [1.29, 1.82) is 0 Å². The molecule has 1 aliphatic rings. The summed E-state index contributed by atoms with van der Waals surface area (Å²) in [6, 6.07) is 0. The number of carbonyl (C=O) groups excluding carboxylic acids is 1. The average Bonchev–Trinajstić information content (AvgIpc) is 2.55. The molecule has 1 N–H and O–H groups in total. The van der Waals surface area contributed by atoms with Gasteiger partial charge in [0.25, 0.3) is 5.91 Å². The lowest BCUT2D eigenvalue weighted by Crippen LogP contribution is -2.37. The van der Waals surface area contributed by atoms with E-state index in [4.69, 9.17) is 9.84 Å². The van der Waals surface area contributed by atoms with E-state index in [0.29, 0.717) is 13.2 Å². The number of carbonyl (C=O) groups is 1. The highest BCUT2D eigenvalue weighted by Crippen LogP contribution is 2.13. The smallest absolute Gasteiger partial charge is 0.251 e. The number of likely N-dealkylation sites (N-methyl/N-ethyl adjacent to an activating group) is 1. The second-order valence-corrected chi connectivity index (χ2v) is 2.99. The van der Waals surface area contributed by atoms with Gasteiger partial charge in [0.1, 0.15) is 6.10 Å². The van der Waals surface area contributed by atoms with Crippen molar-refractivity contribution in [1.82, 2.24) is 4.90 Å². The van der Waals surface area contributed by atoms with E-state index < -0.39 is 0 Å². The van der Waals surface area contributed by atoms with Crippen LogP contribution in [0, 0.1) is 0 Å². The van der Waals surface area contributed by atoms with Crippen LogP contribution in [0.1, 0.15) is 12.8 Å². The first-order chi connectivity index (χ1) is 5.75. The zero-order chi connectivity index (χ0) is 8.97.